The highest BCUT2D eigenvalue weighted by molar-refractivity contribution is 7.12. The van der Waals surface area contributed by atoms with Crippen LogP contribution in [0.2, 0.25) is 0 Å². The summed E-state index contributed by atoms with van der Waals surface area (Å²) in [6.07, 6.45) is 3.45. The SMILES string of the molecule is O=C(NCC1(O)CCCC1)c1cccc(NC(=O)c2cccs2)c1. The van der Waals surface area contributed by atoms with Crippen LogP contribution >= 0.6 is 11.3 Å². The Kier molecular flexibility index (Phi) is 4.97. The summed E-state index contributed by atoms with van der Waals surface area (Å²) in [6.45, 7) is 0.262. The lowest BCUT2D eigenvalue weighted by Crippen LogP contribution is -2.40. The molecular formula is C18H20N2O3S. The van der Waals surface area contributed by atoms with Crippen molar-refractivity contribution in [2.24, 2.45) is 0 Å². The Labute approximate surface area is 144 Å². The van der Waals surface area contributed by atoms with Gasteiger partial charge in [0.1, 0.15) is 0 Å². The molecule has 1 aliphatic carbocycles. The predicted octanol–water partition coefficient (Wildman–Crippen LogP) is 3.04. The summed E-state index contributed by atoms with van der Waals surface area (Å²) in [6, 6.07) is 10.4. The number of carbonyl (C=O) groups is 2. The van der Waals surface area contributed by atoms with Crippen molar-refractivity contribution < 1.29 is 14.7 Å². The third-order valence-corrected chi connectivity index (χ3v) is 5.11. The van der Waals surface area contributed by atoms with E-state index in [2.05, 4.69) is 10.6 Å². The molecule has 5 nitrogen and oxygen atoms in total. The average molecular weight is 344 g/mol. The minimum atomic E-state index is -0.777. The lowest BCUT2D eigenvalue weighted by Gasteiger charge is -2.22. The van der Waals surface area contributed by atoms with Gasteiger partial charge in [0.15, 0.2) is 0 Å². The van der Waals surface area contributed by atoms with E-state index >= 15 is 0 Å². The third kappa shape index (κ3) is 4.01. The van der Waals surface area contributed by atoms with Gasteiger partial charge >= 0.3 is 0 Å². The molecule has 0 aliphatic heterocycles. The number of aliphatic hydroxyl groups is 1. The van der Waals surface area contributed by atoms with Crippen LogP contribution in [-0.4, -0.2) is 29.1 Å². The molecule has 24 heavy (non-hydrogen) atoms. The Balaban J connectivity index is 1.62. The Morgan fingerprint density at radius 2 is 1.92 bits per heavy atom. The van der Waals surface area contributed by atoms with E-state index in [0.717, 1.165) is 25.7 Å². The van der Waals surface area contributed by atoms with Gasteiger partial charge in [0.05, 0.1) is 10.5 Å². The molecular weight excluding hydrogens is 324 g/mol. The maximum absolute atomic E-state index is 12.3. The minimum absolute atomic E-state index is 0.192. The fraction of sp³-hybridized carbons (Fsp3) is 0.333. The molecule has 2 amide bonds. The topological polar surface area (TPSA) is 78.4 Å². The van der Waals surface area contributed by atoms with Crippen molar-refractivity contribution in [2.75, 3.05) is 11.9 Å². The molecule has 126 valence electrons. The lowest BCUT2D eigenvalue weighted by molar-refractivity contribution is 0.0449. The zero-order valence-electron chi connectivity index (χ0n) is 13.2. The number of amides is 2. The summed E-state index contributed by atoms with van der Waals surface area (Å²) in [5, 5.41) is 17.7. The predicted molar refractivity (Wildman–Crippen MR) is 94.5 cm³/mol. The van der Waals surface area contributed by atoms with Crippen LogP contribution < -0.4 is 10.6 Å². The summed E-state index contributed by atoms with van der Waals surface area (Å²) in [5.41, 5.74) is 0.252. The Hall–Kier alpha value is -2.18. The highest BCUT2D eigenvalue weighted by atomic mass is 32.1. The quantitative estimate of drug-likeness (QED) is 0.780. The van der Waals surface area contributed by atoms with Gasteiger partial charge in [-0.05, 0) is 42.5 Å². The van der Waals surface area contributed by atoms with Gasteiger partial charge in [-0.1, -0.05) is 25.0 Å². The van der Waals surface area contributed by atoms with Crippen molar-refractivity contribution in [3.05, 3.63) is 52.2 Å². The molecule has 3 N–H and O–H groups in total. The molecule has 1 aliphatic rings. The van der Waals surface area contributed by atoms with Gasteiger partial charge < -0.3 is 15.7 Å². The lowest BCUT2D eigenvalue weighted by atomic mass is 10.0. The fourth-order valence-corrected chi connectivity index (χ4v) is 3.51. The van der Waals surface area contributed by atoms with Gasteiger partial charge in [-0.25, -0.2) is 0 Å². The van der Waals surface area contributed by atoms with Crippen molar-refractivity contribution >= 4 is 28.8 Å². The highest BCUT2D eigenvalue weighted by Gasteiger charge is 2.31. The number of thiophene rings is 1. The summed E-state index contributed by atoms with van der Waals surface area (Å²) in [7, 11) is 0. The number of nitrogens with one attached hydrogen (secondary N) is 2. The monoisotopic (exact) mass is 344 g/mol. The largest absolute Gasteiger partial charge is 0.388 e. The Morgan fingerprint density at radius 1 is 1.12 bits per heavy atom. The molecule has 0 bridgehead atoms. The summed E-state index contributed by atoms with van der Waals surface area (Å²) in [4.78, 5) is 25.0. The van der Waals surface area contributed by atoms with Crippen LogP contribution in [-0.2, 0) is 0 Å². The maximum atomic E-state index is 12.3. The molecule has 1 saturated carbocycles. The first-order valence-electron chi connectivity index (χ1n) is 8.01. The first-order valence-corrected chi connectivity index (χ1v) is 8.89. The normalized spacial score (nSPS) is 15.9. The van der Waals surface area contributed by atoms with Gasteiger partial charge in [-0.15, -0.1) is 11.3 Å². The van der Waals surface area contributed by atoms with Crippen molar-refractivity contribution in [1.29, 1.82) is 0 Å². The summed E-state index contributed by atoms with van der Waals surface area (Å²) < 4.78 is 0. The van der Waals surface area contributed by atoms with Crippen LogP contribution in [0.1, 0.15) is 45.7 Å². The molecule has 0 unspecified atom stereocenters. The zero-order chi connectivity index (χ0) is 17.0. The van der Waals surface area contributed by atoms with Crippen LogP contribution in [0.4, 0.5) is 5.69 Å². The van der Waals surface area contributed by atoms with Crippen molar-refractivity contribution in [2.45, 2.75) is 31.3 Å². The smallest absolute Gasteiger partial charge is 0.265 e. The Bertz CT molecular complexity index is 722. The summed E-state index contributed by atoms with van der Waals surface area (Å²) >= 11 is 1.36. The molecule has 6 heteroatoms. The van der Waals surface area contributed by atoms with Crippen LogP contribution in [0.25, 0.3) is 0 Å². The van der Waals surface area contributed by atoms with Gasteiger partial charge in [0, 0.05) is 17.8 Å². The van der Waals surface area contributed by atoms with Crippen molar-refractivity contribution in [1.82, 2.24) is 5.32 Å². The second kappa shape index (κ2) is 7.15. The number of hydrogen-bond donors (Lipinski definition) is 3. The van der Waals surface area contributed by atoms with Crippen molar-refractivity contribution in [3.8, 4) is 0 Å². The molecule has 0 spiro atoms. The van der Waals surface area contributed by atoms with E-state index in [-0.39, 0.29) is 18.4 Å². The van der Waals surface area contributed by atoms with Gasteiger partial charge in [-0.3, -0.25) is 9.59 Å². The van der Waals surface area contributed by atoms with Crippen molar-refractivity contribution in [3.63, 3.8) is 0 Å². The van der Waals surface area contributed by atoms with E-state index < -0.39 is 5.60 Å². The van der Waals surface area contributed by atoms with Crippen LogP contribution in [0.15, 0.2) is 41.8 Å². The number of benzene rings is 1. The molecule has 3 rings (SSSR count). The number of carbonyl (C=O) groups excluding carboxylic acids is 2. The molecule has 0 radical (unpaired) electrons. The van der Waals surface area contributed by atoms with E-state index in [9.17, 15) is 14.7 Å². The first kappa shape index (κ1) is 16.7. The van der Waals surface area contributed by atoms with E-state index in [1.54, 1.807) is 30.3 Å². The van der Waals surface area contributed by atoms with E-state index in [0.29, 0.717) is 16.1 Å². The zero-order valence-corrected chi connectivity index (χ0v) is 14.1. The van der Waals surface area contributed by atoms with Crippen LogP contribution in [0.5, 0.6) is 0 Å². The number of rotatable bonds is 5. The first-order chi connectivity index (χ1) is 11.6. The van der Waals surface area contributed by atoms with E-state index in [1.165, 1.54) is 11.3 Å². The molecule has 1 heterocycles. The number of anilines is 1. The fourth-order valence-electron chi connectivity index (χ4n) is 2.90. The number of hydrogen-bond acceptors (Lipinski definition) is 4. The Morgan fingerprint density at radius 3 is 2.62 bits per heavy atom. The van der Waals surface area contributed by atoms with Crippen LogP contribution in [0, 0.1) is 0 Å². The van der Waals surface area contributed by atoms with Gasteiger partial charge in [0.2, 0.25) is 0 Å². The molecule has 2 aromatic rings. The minimum Gasteiger partial charge on any atom is -0.388 e. The summed E-state index contributed by atoms with van der Waals surface area (Å²) in [5.74, 6) is -0.439. The molecule has 0 atom stereocenters. The van der Waals surface area contributed by atoms with Crippen LogP contribution in [0.3, 0.4) is 0 Å². The van der Waals surface area contributed by atoms with Gasteiger partial charge in [0.25, 0.3) is 11.8 Å². The highest BCUT2D eigenvalue weighted by Crippen LogP contribution is 2.28. The molecule has 1 fully saturated rings. The second-order valence-corrected chi connectivity index (χ2v) is 7.07. The average Bonchev–Trinajstić information content (AvgIpc) is 3.25. The van der Waals surface area contributed by atoms with E-state index in [1.807, 2.05) is 11.4 Å². The molecule has 0 saturated heterocycles. The second-order valence-electron chi connectivity index (χ2n) is 6.13. The standard InChI is InChI=1S/C18H20N2O3S/c21-16(19-12-18(23)8-1-2-9-18)13-5-3-6-14(11-13)20-17(22)15-7-4-10-24-15/h3-7,10-11,23H,1-2,8-9,12H2,(H,19,21)(H,20,22). The maximum Gasteiger partial charge on any atom is 0.265 e. The third-order valence-electron chi connectivity index (χ3n) is 4.24. The van der Waals surface area contributed by atoms with Gasteiger partial charge in [-0.2, -0.15) is 0 Å². The molecule has 1 aromatic heterocycles. The van der Waals surface area contributed by atoms with E-state index in [4.69, 9.17) is 0 Å². The molecule has 1 aromatic carbocycles.